The van der Waals surface area contributed by atoms with Crippen LogP contribution in [0.2, 0.25) is 5.02 Å². The molecule has 6 heteroatoms. The number of hydrogen-bond donors (Lipinski definition) is 0. The van der Waals surface area contributed by atoms with Gasteiger partial charge in [-0.2, -0.15) is 0 Å². The Balaban J connectivity index is 2.65. The number of aromatic nitrogens is 2. The van der Waals surface area contributed by atoms with E-state index in [1.165, 1.54) is 7.05 Å². The molecule has 1 heterocycles. The van der Waals surface area contributed by atoms with Crippen molar-refractivity contribution in [3.63, 3.8) is 0 Å². The summed E-state index contributed by atoms with van der Waals surface area (Å²) in [5, 5.41) is 0.546. The van der Waals surface area contributed by atoms with Crippen LogP contribution in [-0.4, -0.2) is 9.31 Å². The van der Waals surface area contributed by atoms with E-state index in [2.05, 4.69) is 0 Å². The lowest BCUT2D eigenvalue weighted by atomic mass is 10.3. The Kier molecular flexibility index (Phi) is 2.24. The Morgan fingerprint density at radius 1 is 1.20 bits per heavy atom. The zero-order valence-electron chi connectivity index (χ0n) is 7.81. The summed E-state index contributed by atoms with van der Waals surface area (Å²) >= 11 is 5.69. The first-order valence-electron chi connectivity index (χ1n) is 4.15. The van der Waals surface area contributed by atoms with Gasteiger partial charge in [-0.3, -0.25) is 0 Å². The van der Waals surface area contributed by atoms with E-state index < -0.39 is 11.4 Å². The normalized spacial score (nSPS) is 10.5. The SMILES string of the molecule is Cn1c(=O)on(-c2ccc(Cl)cc2)c1=O. The van der Waals surface area contributed by atoms with Crippen molar-refractivity contribution in [3.8, 4) is 5.69 Å². The monoisotopic (exact) mass is 226 g/mol. The lowest BCUT2D eigenvalue weighted by Gasteiger charge is -1.96. The highest BCUT2D eigenvalue weighted by Crippen LogP contribution is 2.11. The van der Waals surface area contributed by atoms with E-state index >= 15 is 0 Å². The van der Waals surface area contributed by atoms with Crippen LogP contribution >= 0.6 is 11.6 Å². The Hall–Kier alpha value is -1.75. The first-order chi connectivity index (χ1) is 7.09. The molecule has 0 amide bonds. The van der Waals surface area contributed by atoms with Gasteiger partial charge >= 0.3 is 11.4 Å². The molecule has 15 heavy (non-hydrogen) atoms. The lowest BCUT2D eigenvalue weighted by molar-refractivity contribution is 0.312. The molecule has 0 aliphatic heterocycles. The molecule has 0 bridgehead atoms. The average Bonchev–Trinajstić information content (AvgIpc) is 2.47. The number of halogens is 1. The van der Waals surface area contributed by atoms with Crippen molar-refractivity contribution in [2.75, 3.05) is 0 Å². The van der Waals surface area contributed by atoms with Crippen molar-refractivity contribution in [3.05, 3.63) is 50.3 Å². The molecule has 2 aromatic rings. The summed E-state index contributed by atoms with van der Waals surface area (Å²) in [4.78, 5) is 22.5. The fourth-order valence-electron chi connectivity index (χ4n) is 1.13. The van der Waals surface area contributed by atoms with E-state index in [0.29, 0.717) is 10.7 Å². The molecule has 0 radical (unpaired) electrons. The third-order valence-electron chi connectivity index (χ3n) is 1.97. The molecule has 2 rings (SSSR count). The van der Waals surface area contributed by atoms with Gasteiger partial charge in [0.15, 0.2) is 0 Å². The van der Waals surface area contributed by atoms with Gasteiger partial charge in [0, 0.05) is 12.1 Å². The first kappa shape index (κ1) is 9.79. The van der Waals surface area contributed by atoms with E-state index in [-0.39, 0.29) is 0 Å². The van der Waals surface area contributed by atoms with Gasteiger partial charge in [0.05, 0.1) is 5.69 Å². The molecular formula is C9H7ClN2O3. The number of rotatable bonds is 1. The second-order valence-electron chi connectivity index (χ2n) is 2.97. The highest BCUT2D eigenvalue weighted by molar-refractivity contribution is 6.30. The lowest BCUT2D eigenvalue weighted by Crippen LogP contribution is -2.25. The number of benzene rings is 1. The molecule has 1 aromatic carbocycles. The van der Waals surface area contributed by atoms with E-state index in [1.54, 1.807) is 24.3 Å². The fourth-order valence-corrected chi connectivity index (χ4v) is 1.26. The summed E-state index contributed by atoms with van der Waals surface area (Å²) in [5.41, 5.74) is -0.0653. The van der Waals surface area contributed by atoms with Crippen LogP contribution in [-0.2, 0) is 7.05 Å². The molecular weight excluding hydrogens is 220 g/mol. The second-order valence-corrected chi connectivity index (χ2v) is 3.41. The zero-order chi connectivity index (χ0) is 11.0. The maximum absolute atomic E-state index is 11.5. The number of hydrogen-bond acceptors (Lipinski definition) is 3. The van der Waals surface area contributed by atoms with Crippen LogP contribution in [0.15, 0.2) is 38.4 Å². The number of nitrogens with zero attached hydrogens (tertiary/aromatic N) is 2. The Bertz CT molecular complexity index is 591. The summed E-state index contributed by atoms with van der Waals surface area (Å²) < 4.78 is 6.54. The molecule has 0 saturated heterocycles. The highest BCUT2D eigenvalue weighted by Gasteiger charge is 2.09. The highest BCUT2D eigenvalue weighted by atomic mass is 35.5. The third-order valence-corrected chi connectivity index (χ3v) is 2.22. The first-order valence-corrected chi connectivity index (χ1v) is 4.52. The largest absolute Gasteiger partial charge is 0.442 e. The maximum atomic E-state index is 11.5. The smallest absolute Gasteiger partial charge is 0.312 e. The maximum Gasteiger partial charge on any atom is 0.442 e. The molecule has 0 N–H and O–H groups in total. The summed E-state index contributed by atoms with van der Waals surface area (Å²) in [6.07, 6.45) is 0. The van der Waals surface area contributed by atoms with E-state index in [4.69, 9.17) is 16.1 Å². The molecule has 5 nitrogen and oxygen atoms in total. The van der Waals surface area contributed by atoms with Gasteiger partial charge in [0.25, 0.3) is 0 Å². The molecule has 0 aliphatic carbocycles. The molecule has 0 saturated carbocycles. The Morgan fingerprint density at radius 2 is 1.80 bits per heavy atom. The molecule has 0 aliphatic rings. The molecule has 0 spiro atoms. The topological polar surface area (TPSA) is 57.1 Å². The van der Waals surface area contributed by atoms with Gasteiger partial charge in [-0.15, -0.1) is 4.74 Å². The summed E-state index contributed by atoms with van der Waals surface area (Å²) in [6.45, 7) is 0. The van der Waals surface area contributed by atoms with Crippen LogP contribution in [0.3, 0.4) is 0 Å². The molecule has 0 unspecified atom stereocenters. The van der Waals surface area contributed by atoms with Crippen molar-refractivity contribution in [2.45, 2.75) is 0 Å². The molecule has 1 aromatic heterocycles. The quantitative estimate of drug-likeness (QED) is 0.722. The predicted octanol–water partition coefficient (Wildman–Crippen LogP) is 0.783. The standard InChI is InChI=1S/C9H7ClN2O3/c1-11-8(13)12(15-9(11)14)7-4-2-6(10)3-5-7/h2-5H,1H3. The average molecular weight is 227 g/mol. The summed E-state index contributed by atoms with van der Waals surface area (Å²) in [5.74, 6) is -0.699. The van der Waals surface area contributed by atoms with Crippen LogP contribution in [0.5, 0.6) is 0 Å². The van der Waals surface area contributed by atoms with Gasteiger partial charge in [-0.25, -0.2) is 14.2 Å². The van der Waals surface area contributed by atoms with Crippen molar-refractivity contribution >= 4 is 11.6 Å². The van der Waals surface area contributed by atoms with Crippen molar-refractivity contribution in [2.24, 2.45) is 7.05 Å². The van der Waals surface area contributed by atoms with Crippen LogP contribution in [0, 0.1) is 0 Å². The van der Waals surface area contributed by atoms with Gasteiger partial charge in [-0.1, -0.05) is 11.6 Å². The summed E-state index contributed by atoms with van der Waals surface area (Å²) in [7, 11) is 1.35. The third kappa shape index (κ3) is 1.61. The van der Waals surface area contributed by atoms with Crippen LogP contribution in [0.4, 0.5) is 0 Å². The van der Waals surface area contributed by atoms with E-state index in [1.807, 2.05) is 0 Å². The van der Waals surface area contributed by atoms with Crippen molar-refractivity contribution < 1.29 is 4.52 Å². The minimum absolute atomic E-state index is 0.460. The molecule has 0 atom stereocenters. The molecule has 78 valence electrons. The van der Waals surface area contributed by atoms with E-state index in [0.717, 1.165) is 9.31 Å². The van der Waals surface area contributed by atoms with Crippen molar-refractivity contribution in [1.82, 2.24) is 9.31 Å². The second kappa shape index (κ2) is 3.43. The van der Waals surface area contributed by atoms with Gasteiger partial charge in [-0.05, 0) is 24.3 Å². The Labute approximate surface area is 89.1 Å². The van der Waals surface area contributed by atoms with Gasteiger partial charge < -0.3 is 4.52 Å². The minimum Gasteiger partial charge on any atom is -0.312 e. The van der Waals surface area contributed by atoms with Crippen LogP contribution < -0.4 is 11.4 Å². The van der Waals surface area contributed by atoms with Crippen molar-refractivity contribution in [1.29, 1.82) is 0 Å². The Morgan fingerprint density at radius 3 is 2.27 bits per heavy atom. The summed E-state index contributed by atoms with van der Waals surface area (Å²) in [6, 6.07) is 6.39. The van der Waals surface area contributed by atoms with Gasteiger partial charge in [0.2, 0.25) is 0 Å². The predicted molar refractivity (Wildman–Crippen MR) is 54.6 cm³/mol. The van der Waals surface area contributed by atoms with E-state index in [9.17, 15) is 9.59 Å². The molecule has 0 fully saturated rings. The fraction of sp³-hybridized carbons (Fsp3) is 0.111. The zero-order valence-corrected chi connectivity index (χ0v) is 8.56. The minimum atomic E-state index is -0.699. The van der Waals surface area contributed by atoms with Gasteiger partial charge in [0.1, 0.15) is 0 Å². The van der Waals surface area contributed by atoms with Crippen LogP contribution in [0.1, 0.15) is 0 Å². The van der Waals surface area contributed by atoms with Crippen LogP contribution in [0.25, 0.3) is 5.69 Å².